The Bertz CT molecular complexity index is 905. The van der Waals surface area contributed by atoms with E-state index in [1.807, 2.05) is 13.0 Å². The van der Waals surface area contributed by atoms with Crippen LogP contribution in [0.2, 0.25) is 5.02 Å². The van der Waals surface area contributed by atoms with Gasteiger partial charge in [0.2, 0.25) is 0 Å². The van der Waals surface area contributed by atoms with Crippen molar-refractivity contribution in [2.45, 2.75) is 20.4 Å². The van der Waals surface area contributed by atoms with E-state index in [9.17, 15) is 4.79 Å². The van der Waals surface area contributed by atoms with Crippen molar-refractivity contribution in [3.63, 3.8) is 0 Å². The van der Waals surface area contributed by atoms with Gasteiger partial charge in [-0.25, -0.2) is 9.36 Å². The smallest absolute Gasteiger partial charge is 0.276 e. The number of rotatable bonds is 7. The molecule has 0 atom stereocenters. The Kier molecular flexibility index (Phi) is 5.55. The van der Waals surface area contributed by atoms with Gasteiger partial charge in [-0.3, -0.25) is 4.79 Å². The molecule has 0 saturated carbocycles. The van der Waals surface area contributed by atoms with Gasteiger partial charge in [-0.1, -0.05) is 11.6 Å². The van der Waals surface area contributed by atoms with Crippen LogP contribution in [0.1, 0.15) is 16.1 Å². The molecule has 8 nitrogen and oxygen atoms in total. The van der Waals surface area contributed by atoms with Gasteiger partial charge in [0, 0.05) is 18.3 Å². The standard InChI is InChI=1S/C17H18ClN5O3/c1-12-7-13(18)3-4-16(12)26-11-22-6-5-15(21-22)17(24)20-14-8-19-23(9-14)10-25-2/h3-9H,10-11H2,1-2H3,(H,20,24). The number of methoxy groups -OCH3 is 1. The lowest BCUT2D eigenvalue weighted by Crippen LogP contribution is -2.14. The predicted octanol–water partition coefficient (Wildman–Crippen LogP) is 2.93. The third-order valence-corrected chi connectivity index (χ3v) is 3.75. The van der Waals surface area contributed by atoms with Gasteiger partial charge in [0.15, 0.2) is 12.4 Å². The fraction of sp³-hybridized carbons (Fsp3) is 0.235. The first-order valence-electron chi connectivity index (χ1n) is 7.80. The van der Waals surface area contributed by atoms with Gasteiger partial charge in [-0.2, -0.15) is 10.2 Å². The zero-order valence-corrected chi connectivity index (χ0v) is 15.1. The molecule has 136 valence electrons. The fourth-order valence-corrected chi connectivity index (χ4v) is 2.52. The summed E-state index contributed by atoms with van der Waals surface area (Å²) in [7, 11) is 1.57. The topological polar surface area (TPSA) is 83.2 Å². The normalized spacial score (nSPS) is 10.7. The zero-order chi connectivity index (χ0) is 18.5. The van der Waals surface area contributed by atoms with Crippen molar-refractivity contribution in [1.82, 2.24) is 19.6 Å². The number of nitrogens with one attached hydrogen (secondary N) is 1. The molecule has 1 amide bonds. The molecule has 9 heteroatoms. The molecule has 1 aromatic carbocycles. The second kappa shape index (κ2) is 8.03. The van der Waals surface area contributed by atoms with Crippen molar-refractivity contribution in [2.75, 3.05) is 12.4 Å². The number of hydrogen-bond donors (Lipinski definition) is 1. The van der Waals surface area contributed by atoms with E-state index < -0.39 is 0 Å². The number of aromatic nitrogens is 4. The number of aryl methyl sites for hydroxylation is 1. The first-order chi connectivity index (χ1) is 12.5. The average molecular weight is 376 g/mol. The average Bonchev–Trinajstić information content (AvgIpc) is 3.24. The number of amides is 1. The van der Waals surface area contributed by atoms with Crippen molar-refractivity contribution in [3.8, 4) is 5.75 Å². The van der Waals surface area contributed by atoms with E-state index in [2.05, 4.69) is 15.5 Å². The summed E-state index contributed by atoms with van der Waals surface area (Å²) in [5.41, 5.74) is 1.77. The Labute approximate surface area is 155 Å². The number of halogens is 1. The zero-order valence-electron chi connectivity index (χ0n) is 14.3. The largest absolute Gasteiger partial charge is 0.471 e. The van der Waals surface area contributed by atoms with Gasteiger partial charge >= 0.3 is 0 Å². The lowest BCUT2D eigenvalue weighted by atomic mass is 10.2. The second-order valence-electron chi connectivity index (χ2n) is 5.56. The molecule has 1 N–H and O–H groups in total. The van der Waals surface area contributed by atoms with Crippen LogP contribution in [0, 0.1) is 6.92 Å². The van der Waals surface area contributed by atoms with Crippen LogP contribution in [-0.2, 0) is 18.2 Å². The molecule has 0 spiro atoms. The molecule has 0 fully saturated rings. The second-order valence-corrected chi connectivity index (χ2v) is 6.00. The lowest BCUT2D eigenvalue weighted by molar-refractivity contribution is 0.102. The number of benzene rings is 1. The Hall–Kier alpha value is -2.84. The van der Waals surface area contributed by atoms with Crippen molar-refractivity contribution in [2.24, 2.45) is 0 Å². The molecule has 0 saturated heterocycles. The van der Waals surface area contributed by atoms with Crippen LogP contribution in [0.15, 0.2) is 42.9 Å². The predicted molar refractivity (Wildman–Crippen MR) is 96.2 cm³/mol. The van der Waals surface area contributed by atoms with Crippen molar-refractivity contribution in [1.29, 1.82) is 0 Å². The Morgan fingerprint density at radius 2 is 2.12 bits per heavy atom. The molecule has 2 aromatic heterocycles. The van der Waals surface area contributed by atoms with Crippen LogP contribution in [0.4, 0.5) is 5.69 Å². The van der Waals surface area contributed by atoms with Gasteiger partial charge in [-0.15, -0.1) is 0 Å². The first-order valence-corrected chi connectivity index (χ1v) is 8.18. The van der Waals surface area contributed by atoms with E-state index in [0.717, 1.165) is 5.56 Å². The SMILES string of the molecule is COCn1cc(NC(=O)c2ccn(COc3ccc(Cl)cc3C)n2)cn1. The van der Waals surface area contributed by atoms with Crippen molar-refractivity contribution < 1.29 is 14.3 Å². The number of hydrogen-bond acceptors (Lipinski definition) is 5. The minimum Gasteiger partial charge on any atom is -0.471 e. The Morgan fingerprint density at radius 1 is 1.27 bits per heavy atom. The van der Waals surface area contributed by atoms with Crippen LogP contribution >= 0.6 is 11.6 Å². The highest BCUT2D eigenvalue weighted by molar-refractivity contribution is 6.30. The summed E-state index contributed by atoms with van der Waals surface area (Å²) in [6.07, 6.45) is 4.89. The highest BCUT2D eigenvalue weighted by Gasteiger charge is 2.11. The molecule has 0 bridgehead atoms. The number of ether oxygens (including phenoxy) is 2. The molecule has 0 aliphatic carbocycles. The summed E-state index contributed by atoms with van der Waals surface area (Å²) >= 11 is 5.93. The summed E-state index contributed by atoms with van der Waals surface area (Å²) < 4.78 is 13.8. The van der Waals surface area contributed by atoms with Gasteiger partial charge in [0.1, 0.15) is 12.5 Å². The quantitative estimate of drug-likeness (QED) is 0.686. The minimum atomic E-state index is -0.330. The highest BCUT2D eigenvalue weighted by Crippen LogP contribution is 2.22. The first kappa shape index (κ1) is 18.0. The molecule has 0 aliphatic heterocycles. The maximum absolute atomic E-state index is 12.2. The maximum Gasteiger partial charge on any atom is 0.276 e. The van der Waals surface area contributed by atoms with E-state index in [1.165, 1.54) is 4.68 Å². The van der Waals surface area contributed by atoms with Crippen LogP contribution in [0.5, 0.6) is 5.75 Å². The van der Waals surface area contributed by atoms with E-state index in [1.54, 1.807) is 48.6 Å². The third kappa shape index (κ3) is 4.41. The van der Waals surface area contributed by atoms with Gasteiger partial charge in [0.05, 0.1) is 18.1 Å². The summed E-state index contributed by atoms with van der Waals surface area (Å²) in [5.74, 6) is 0.379. The molecule has 3 rings (SSSR count). The number of nitrogens with zero attached hydrogens (tertiary/aromatic N) is 4. The molecular weight excluding hydrogens is 358 g/mol. The fourth-order valence-electron chi connectivity index (χ4n) is 2.29. The number of carbonyl (C=O) groups is 1. The molecule has 3 aromatic rings. The van der Waals surface area contributed by atoms with Crippen molar-refractivity contribution in [3.05, 3.63) is 59.1 Å². The molecule has 0 unspecified atom stereocenters. The molecule has 2 heterocycles. The summed E-state index contributed by atoms with van der Waals surface area (Å²) in [4.78, 5) is 12.2. The summed E-state index contributed by atoms with van der Waals surface area (Å²) in [5, 5.41) is 11.7. The number of anilines is 1. The van der Waals surface area contributed by atoms with Crippen molar-refractivity contribution >= 4 is 23.2 Å². The molecule has 0 radical (unpaired) electrons. The van der Waals surface area contributed by atoms with Gasteiger partial charge in [0.25, 0.3) is 5.91 Å². The summed E-state index contributed by atoms with van der Waals surface area (Å²) in [6, 6.07) is 7.00. The van der Waals surface area contributed by atoms with E-state index in [0.29, 0.717) is 23.2 Å². The van der Waals surface area contributed by atoms with Crippen LogP contribution < -0.4 is 10.1 Å². The van der Waals surface area contributed by atoms with E-state index in [-0.39, 0.29) is 18.3 Å². The van der Waals surface area contributed by atoms with Crippen LogP contribution in [-0.4, -0.2) is 32.6 Å². The van der Waals surface area contributed by atoms with E-state index >= 15 is 0 Å². The third-order valence-electron chi connectivity index (χ3n) is 3.52. The Morgan fingerprint density at radius 3 is 2.88 bits per heavy atom. The van der Waals surface area contributed by atoms with Crippen LogP contribution in [0.25, 0.3) is 0 Å². The maximum atomic E-state index is 12.2. The monoisotopic (exact) mass is 375 g/mol. The summed E-state index contributed by atoms with van der Waals surface area (Å²) in [6.45, 7) is 2.40. The minimum absolute atomic E-state index is 0.182. The molecular formula is C17H18ClN5O3. The van der Waals surface area contributed by atoms with Gasteiger partial charge < -0.3 is 14.8 Å². The van der Waals surface area contributed by atoms with Crippen LogP contribution in [0.3, 0.4) is 0 Å². The lowest BCUT2D eigenvalue weighted by Gasteiger charge is -2.09. The highest BCUT2D eigenvalue weighted by atomic mass is 35.5. The molecule has 26 heavy (non-hydrogen) atoms. The van der Waals surface area contributed by atoms with E-state index in [4.69, 9.17) is 21.1 Å². The number of carbonyl (C=O) groups excluding carboxylic acids is 1. The van der Waals surface area contributed by atoms with Gasteiger partial charge in [-0.05, 0) is 36.8 Å². The Balaban J connectivity index is 1.58. The molecule has 0 aliphatic rings.